The zero-order valence-corrected chi connectivity index (χ0v) is 37.6. The number of esters is 4. The van der Waals surface area contributed by atoms with Gasteiger partial charge >= 0.3 is 61.6 Å². The van der Waals surface area contributed by atoms with E-state index in [4.69, 9.17) is 9.47 Å². The largest absolute Gasteiger partial charge is 2.00 e. The van der Waals surface area contributed by atoms with Crippen molar-refractivity contribution in [1.82, 2.24) is 0 Å². The first kappa shape index (κ1) is 54.4. The Bertz CT molecular complexity index is 1590. The van der Waals surface area contributed by atoms with E-state index in [0.717, 1.165) is 52.4 Å². The van der Waals surface area contributed by atoms with Gasteiger partial charge in [-0.2, -0.15) is 0 Å². The van der Waals surface area contributed by atoms with Crippen molar-refractivity contribution in [1.29, 1.82) is 0 Å². The van der Waals surface area contributed by atoms with Crippen LogP contribution in [0, 0.1) is 0 Å². The number of hydrogen-bond donors (Lipinski definition) is 0. The molecule has 0 aliphatic heterocycles. The van der Waals surface area contributed by atoms with Crippen LogP contribution in [0.1, 0.15) is 172 Å². The van der Waals surface area contributed by atoms with Crippen molar-refractivity contribution in [2.24, 2.45) is 0 Å². The normalized spacial score (nSPS) is 12.2. The zero-order chi connectivity index (χ0) is 42.0. The van der Waals surface area contributed by atoms with Crippen molar-refractivity contribution in [2.75, 3.05) is 13.2 Å². The van der Waals surface area contributed by atoms with Crippen LogP contribution >= 0.6 is 0 Å². The molecule has 0 spiro atoms. The molecule has 2 unspecified atom stereocenters. The molecule has 17 heteroatoms. The topological polar surface area (TPSA) is 220 Å². The Morgan fingerprint density at radius 3 is 0.982 bits per heavy atom. The van der Waals surface area contributed by atoms with Crippen molar-refractivity contribution < 1.29 is 64.1 Å². The van der Waals surface area contributed by atoms with E-state index < -0.39 is 55.0 Å². The predicted molar refractivity (Wildman–Crippen MR) is 214 cm³/mol. The van der Waals surface area contributed by atoms with E-state index in [-0.39, 0.29) is 73.2 Å². The van der Waals surface area contributed by atoms with Crippen molar-refractivity contribution in [3.8, 4) is 0 Å². The standard InChI is InChI=1S/2C20H30O7S.Ca/c2*1-3-4-5-6-7-8-9-12-15-26-19(21)17-13-10-11-14-18(17)20(22)27-16(2)28(23,24)25;/h2*10-11,13-14,16H,3-9,12,15H2,1-2H3,(H,23,24,25);/q;;+2/p-2. The molecule has 14 nitrogen and oxygen atoms in total. The van der Waals surface area contributed by atoms with Gasteiger partial charge in [-0.1, -0.05) is 128 Å². The SMILES string of the molecule is CCCCCCCCCCOC(=O)c1ccccc1C(=O)OC(C)S(=O)(=O)[O-].CCCCCCCCCCOC(=O)c1ccccc1C(=O)OC(C)S(=O)(=O)[O-].[Ca+2]. The maximum atomic E-state index is 12.2. The Morgan fingerprint density at radius 1 is 0.474 bits per heavy atom. The second kappa shape index (κ2) is 30.4. The van der Waals surface area contributed by atoms with Gasteiger partial charge in [0.1, 0.15) is 20.2 Å². The Labute approximate surface area is 368 Å². The van der Waals surface area contributed by atoms with Gasteiger partial charge in [-0.3, -0.25) is 0 Å². The summed E-state index contributed by atoms with van der Waals surface area (Å²) in [5, 5.41) is 0. The fourth-order valence-electron chi connectivity index (χ4n) is 5.18. The quantitative estimate of drug-likeness (QED) is 0.0291. The summed E-state index contributed by atoms with van der Waals surface area (Å²) in [6.45, 7) is 6.76. The third-order valence-corrected chi connectivity index (χ3v) is 10.4. The molecular formula is C40H58CaO14S2. The number of benzene rings is 2. The third kappa shape index (κ3) is 23.5. The van der Waals surface area contributed by atoms with Crippen molar-refractivity contribution in [3.05, 3.63) is 70.8 Å². The first-order valence-electron chi connectivity index (χ1n) is 19.4. The van der Waals surface area contributed by atoms with Crippen LogP contribution in [0.3, 0.4) is 0 Å². The maximum absolute atomic E-state index is 12.2. The molecule has 0 fully saturated rings. The molecule has 0 N–H and O–H groups in total. The molecule has 57 heavy (non-hydrogen) atoms. The van der Waals surface area contributed by atoms with E-state index in [1.807, 2.05) is 0 Å². The van der Waals surface area contributed by atoms with E-state index in [2.05, 4.69) is 23.3 Å². The average Bonchev–Trinajstić information content (AvgIpc) is 3.15. The number of carbonyl (C=O) groups is 4. The summed E-state index contributed by atoms with van der Waals surface area (Å²) in [6.07, 6.45) is 17.8. The van der Waals surface area contributed by atoms with Crippen LogP contribution in [0.2, 0.25) is 0 Å². The van der Waals surface area contributed by atoms with Gasteiger partial charge in [0.15, 0.2) is 10.9 Å². The monoisotopic (exact) mass is 866 g/mol. The minimum atomic E-state index is -4.78. The second-order valence-electron chi connectivity index (χ2n) is 13.2. The van der Waals surface area contributed by atoms with Crippen molar-refractivity contribution in [3.63, 3.8) is 0 Å². The Morgan fingerprint density at radius 2 is 0.719 bits per heavy atom. The molecular weight excluding hydrogens is 809 g/mol. The summed E-state index contributed by atoms with van der Waals surface area (Å²) in [7, 11) is -9.56. The fourth-order valence-corrected chi connectivity index (χ4v) is 5.59. The molecule has 316 valence electrons. The predicted octanol–water partition coefficient (Wildman–Crippen LogP) is 7.68. The van der Waals surface area contributed by atoms with Crippen molar-refractivity contribution >= 4 is 81.9 Å². The van der Waals surface area contributed by atoms with Crippen LogP contribution in [0.5, 0.6) is 0 Å². The smallest absolute Gasteiger partial charge is 0.745 e. The first-order valence-corrected chi connectivity index (χ1v) is 22.3. The summed E-state index contributed by atoms with van der Waals surface area (Å²) >= 11 is 0. The molecule has 0 aliphatic rings. The molecule has 2 atom stereocenters. The molecule has 0 radical (unpaired) electrons. The van der Waals surface area contributed by atoms with Gasteiger partial charge in [0.25, 0.3) is 0 Å². The molecule has 0 aliphatic carbocycles. The summed E-state index contributed by atoms with van der Waals surface area (Å²) in [6, 6.07) is 11.5. The number of ether oxygens (including phenoxy) is 4. The molecule has 0 aromatic heterocycles. The maximum Gasteiger partial charge on any atom is 2.00 e. The Balaban J connectivity index is 0.00000108. The Hall–Kier alpha value is -2.60. The van der Waals surface area contributed by atoms with Crippen LogP contribution in [0.25, 0.3) is 0 Å². The van der Waals surface area contributed by atoms with E-state index in [9.17, 15) is 45.1 Å². The molecule has 0 heterocycles. The number of carbonyl (C=O) groups excluding carboxylic acids is 4. The van der Waals surface area contributed by atoms with Gasteiger partial charge in [0.2, 0.25) is 0 Å². The third-order valence-electron chi connectivity index (χ3n) is 8.55. The molecule has 2 rings (SSSR count). The van der Waals surface area contributed by atoms with Crippen molar-refractivity contribution in [2.45, 2.75) is 141 Å². The molecule has 2 aromatic rings. The summed E-state index contributed by atoms with van der Waals surface area (Å²) in [5.74, 6) is -3.50. The van der Waals surface area contributed by atoms with Gasteiger partial charge in [-0.15, -0.1) is 0 Å². The van der Waals surface area contributed by atoms with E-state index in [1.165, 1.54) is 101 Å². The molecule has 0 amide bonds. The molecule has 0 saturated carbocycles. The first-order chi connectivity index (χ1) is 26.5. The van der Waals surface area contributed by atoms with E-state index in [1.54, 1.807) is 12.1 Å². The summed E-state index contributed by atoms with van der Waals surface area (Å²) < 4.78 is 85.1. The van der Waals surface area contributed by atoms with Crippen LogP contribution in [0.4, 0.5) is 0 Å². The van der Waals surface area contributed by atoms with Gasteiger partial charge < -0.3 is 28.1 Å². The number of unbranched alkanes of at least 4 members (excludes halogenated alkanes) is 14. The summed E-state index contributed by atoms with van der Waals surface area (Å²) in [4.78, 5) is 48.7. The van der Waals surface area contributed by atoms with Gasteiger partial charge in [-0.05, 0) is 51.0 Å². The minimum Gasteiger partial charge on any atom is -0.745 e. The van der Waals surface area contributed by atoms with Crippen LogP contribution in [-0.4, -0.2) is 112 Å². The van der Waals surface area contributed by atoms with Gasteiger partial charge in [0, 0.05) is 0 Å². The fraction of sp³-hybridized carbons (Fsp3) is 0.600. The van der Waals surface area contributed by atoms with E-state index >= 15 is 0 Å². The molecule has 0 bridgehead atoms. The molecule has 0 saturated heterocycles. The average molecular weight is 867 g/mol. The Kier molecular flexibility index (Phi) is 29.1. The van der Waals surface area contributed by atoms with Gasteiger partial charge in [0.05, 0.1) is 35.5 Å². The molecule has 2 aromatic carbocycles. The number of hydrogen-bond acceptors (Lipinski definition) is 14. The van der Waals surface area contributed by atoms with Gasteiger partial charge in [-0.25, -0.2) is 36.0 Å². The zero-order valence-electron chi connectivity index (χ0n) is 33.7. The number of rotatable bonds is 26. The van der Waals surface area contributed by atoms with Crippen LogP contribution < -0.4 is 0 Å². The second-order valence-corrected chi connectivity index (χ2v) is 16.5. The van der Waals surface area contributed by atoms with Crippen LogP contribution in [-0.2, 0) is 39.2 Å². The van der Waals surface area contributed by atoms with E-state index in [0.29, 0.717) is 0 Å². The summed E-state index contributed by atoms with van der Waals surface area (Å²) in [5.41, 5.74) is -4.02. The van der Waals surface area contributed by atoms with Crippen LogP contribution in [0.15, 0.2) is 48.5 Å². The minimum absolute atomic E-state index is 0.